The van der Waals surface area contributed by atoms with Gasteiger partial charge in [-0.2, -0.15) is 0 Å². The van der Waals surface area contributed by atoms with Crippen molar-refractivity contribution in [2.24, 2.45) is 5.92 Å². The Kier molecular flexibility index (Phi) is 5.59. The van der Waals surface area contributed by atoms with Crippen molar-refractivity contribution < 1.29 is 14.4 Å². The zero-order valence-electron chi connectivity index (χ0n) is 16.8. The summed E-state index contributed by atoms with van der Waals surface area (Å²) in [7, 11) is 0. The number of para-hydroxylation sites is 1. The highest BCUT2D eigenvalue weighted by Gasteiger charge is 2.39. The third-order valence-electron chi connectivity index (χ3n) is 5.34. The molecule has 2 unspecified atom stereocenters. The maximum Gasteiger partial charge on any atom is 0.325 e. The molecule has 0 radical (unpaired) electrons. The monoisotopic (exact) mass is 424 g/mol. The number of amides is 4. The minimum Gasteiger partial charge on any atom is -0.361 e. The molecule has 0 saturated carbocycles. The van der Waals surface area contributed by atoms with Crippen LogP contribution in [0.3, 0.4) is 0 Å². The van der Waals surface area contributed by atoms with E-state index in [2.05, 4.69) is 15.6 Å². The van der Waals surface area contributed by atoms with Gasteiger partial charge in [-0.1, -0.05) is 38.1 Å². The van der Waals surface area contributed by atoms with E-state index in [1.54, 1.807) is 11.3 Å². The Labute approximate surface area is 178 Å². The number of carbonyl (C=O) groups is 3. The molecule has 4 rings (SSSR count). The zero-order chi connectivity index (χ0) is 21.3. The number of fused-ring (bicyclic) bond motifs is 1. The van der Waals surface area contributed by atoms with E-state index in [1.165, 1.54) is 0 Å². The van der Waals surface area contributed by atoms with E-state index in [0.717, 1.165) is 26.2 Å². The fourth-order valence-corrected chi connectivity index (χ4v) is 4.73. The first kappa shape index (κ1) is 20.2. The molecule has 3 heterocycles. The molecule has 7 nitrogen and oxygen atoms in total. The molecule has 30 heavy (non-hydrogen) atoms. The molecule has 1 aliphatic rings. The Balaban J connectivity index is 1.42. The Bertz CT molecular complexity index is 1070. The van der Waals surface area contributed by atoms with Crippen molar-refractivity contribution in [3.8, 4) is 0 Å². The summed E-state index contributed by atoms with van der Waals surface area (Å²) in [5, 5.41) is 8.66. The first-order valence-electron chi connectivity index (χ1n) is 9.93. The van der Waals surface area contributed by atoms with Crippen LogP contribution in [0.15, 0.2) is 48.0 Å². The Hall–Kier alpha value is -3.13. The van der Waals surface area contributed by atoms with Gasteiger partial charge in [0.1, 0.15) is 12.6 Å². The van der Waals surface area contributed by atoms with Crippen LogP contribution in [-0.2, 0) is 16.0 Å². The number of nitrogens with zero attached hydrogens (tertiary/aromatic N) is 1. The summed E-state index contributed by atoms with van der Waals surface area (Å²) in [5.41, 5.74) is 1.93. The summed E-state index contributed by atoms with van der Waals surface area (Å²) in [5.74, 6) is -0.540. The van der Waals surface area contributed by atoms with Crippen LogP contribution in [-0.4, -0.2) is 40.3 Å². The molecular weight excluding hydrogens is 400 g/mol. The van der Waals surface area contributed by atoms with Crippen LogP contribution in [0.5, 0.6) is 0 Å². The van der Waals surface area contributed by atoms with Gasteiger partial charge >= 0.3 is 6.03 Å². The number of hydrogen-bond donors (Lipinski definition) is 3. The number of imide groups is 1. The van der Waals surface area contributed by atoms with E-state index >= 15 is 0 Å². The number of nitrogens with one attached hydrogen (secondary N) is 3. The van der Waals surface area contributed by atoms with Gasteiger partial charge in [-0.05, 0) is 29.0 Å². The summed E-state index contributed by atoms with van der Waals surface area (Å²) in [6.07, 6.45) is 2.23. The van der Waals surface area contributed by atoms with Gasteiger partial charge in [0, 0.05) is 28.4 Å². The summed E-state index contributed by atoms with van der Waals surface area (Å²) < 4.78 is 0. The smallest absolute Gasteiger partial charge is 0.325 e. The van der Waals surface area contributed by atoms with Crippen LogP contribution >= 0.6 is 11.3 Å². The molecule has 1 fully saturated rings. The van der Waals surface area contributed by atoms with Gasteiger partial charge in [0.15, 0.2) is 0 Å². The van der Waals surface area contributed by atoms with Crippen molar-refractivity contribution >= 4 is 40.1 Å². The number of benzene rings is 1. The second-order valence-corrected chi connectivity index (χ2v) is 8.77. The number of carbonyl (C=O) groups excluding carboxylic acids is 3. The van der Waals surface area contributed by atoms with Gasteiger partial charge in [0.2, 0.25) is 5.91 Å². The molecule has 3 N–H and O–H groups in total. The maximum absolute atomic E-state index is 12.8. The zero-order valence-corrected chi connectivity index (χ0v) is 17.7. The molecule has 0 aliphatic carbocycles. The Morgan fingerprint density at radius 2 is 2.00 bits per heavy atom. The Morgan fingerprint density at radius 1 is 1.20 bits per heavy atom. The maximum atomic E-state index is 12.8. The third kappa shape index (κ3) is 3.95. The normalized spacial score (nSPS) is 17.6. The van der Waals surface area contributed by atoms with E-state index in [9.17, 15) is 14.4 Å². The number of thiophene rings is 1. The predicted octanol–water partition coefficient (Wildman–Crippen LogP) is 3.21. The Morgan fingerprint density at radius 3 is 2.73 bits per heavy atom. The molecule has 0 bridgehead atoms. The number of H-pyrrole nitrogens is 1. The predicted molar refractivity (Wildman–Crippen MR) is 116 cm³/mol. The van der Waals surface area contributed by atoms with Crippen molar-refractivity contribution in [3.05, 3.63) is 58.4 Å². The van der Waals surface area contributed by atoms with Crippen molar-refractivity contribution in [2.75, 3.05) is 6.54 Å². The van der Waals surface area contributed by atoms with Crippen molar-refractivity contribution in [3.63, 3.8) is 0 Å². The molecule has 8 heteroatoms. The third-order valence-corrected chi connectivity index (χ3v) is 6.30. The fraction of sp³-hybridized carbons (Fsp3) is 0.318. The second-order valence-electron chi connectivity index (χ2n) is 7.79. The molecule has 156 valence electrons. The molecule has 1 aliphatic heterocycles. The number of urea groups is 1. The van der Waals surface area contributed by atoms with Gasteiger partial charge in [-0.3, -0.25) is 14.5 Å². The lowest BCUT2D eigenvalue weighted by molar-refractivity contribution is -0.132. The van der Waals surface area contributed by atoms with Crippen LogP contribution in [0, 0.1) is 5.92 Å². The van der Waals surface area contributed by atoms with Gasteiger partial charge < -0.3 is 15.6 Å². The lowest BCUT2D eigenvalue weighted by atomic mass is 10.0. The first-order valence-corrected chi connectivity index (χ1v) is 10.8. The number of rotatable bonds is 7. The highest BCUT2D eigenvalue weighted by atomic mass is 32.1. The molecule has 3 aromatic rings. The van der Waals surface area contributed by atoms with Crippen LogP contribution in [0.4, 0.5) is 4.79 Å². The lowest BCUT2D eigenvalue weighted by Gasteiger charge is -2.22. The average molecular weight is 425 g/mol. The summed E-state index contributed by atoms with van der Waals surface area (Å²) in [6.45, 7) is 3.76. The summed E-state index contributed by atoms with van der Waals surface area (Å²) >= 11 is 1.57. The van der Waals surface area contributed by atoms with Crippen molar-refractivity contribution in [1.29, 1.82) is 0 Å². The van der Waals surface area contributed by atoms with Crippen molar-refractivity contribution in [1.82, 2.24) is 20.5 Å². The number of aromatic amines is 1. The average Bonchev–Trinajstić information content (AvgIpc) is 3.44. The first-order chi connectivity index (χ1) is 14.4. The molecule has 0 spiro atoms. The van der Waals surface area contributed by atoms with Crippen LogP contribution < -0.4 is 10.6 Å². The van der Waals surface area contributed by atoms with E-state index in [1.807, 2.05) is 61.8 Å². The standard InChI is InChI=1S/C22H24N4O3S/c1-13(2)20(18-8-5-9-30-18)25-19(27)12-26-21(28)17(24-22(26)29)10-14-11-23-16-7-4-3-6-15(14)16/h3-9,11,13,17,20,23H,10,12H2,1-2H3,(H,24,29)(H,25,27). The summed E-state index contributed by atoms with van der Waals surface area (Å²) in [4.78, 5) is 43.0. The topological polar surface area (TPSA) is 94.3 Å². The van der Waals surface area contributed by atoms with Gasteiger partial charge in [0.05, 0.1) is 6.04 Å². The number of hydrogen-bond acceptors (Lipinski definition) is 4. The molecule has 1 aromatic carbocycles. The van der Waals surface area contributed by atoms with Gasteiger partial charge in [-0.25, -0.2) is 4.79 Å². The molecule has 1 saturated heterocycles. The lowest BCUT2D eigenvalue weighted by Crippen LogP contribution is -2.43. The molecular formula is C22H24N4O3S. The quantitative estimate of drug-likeness (QED) is 0.509. The van der Waals surface area contributed by atoms with E-state index in [4.69, 9.17) is 0 Å². The molecule has 2 aromatic heterocycles. The van der Waals surface area contributed by atoms with E-state index in [-0.39, 0.29) is 30.3 Å². The van der Waals surface area contributed by atoms with E-state index < -0.39 is 12.1 Å². The van der Waals surface area contributed by atoms with E-state index in [0.29, 0.717) is 6.42 Å². The minimum absolute atomic E-state index is 0.153. The number of aromatic nitrogens is 1. The van der Waals surface area contributed by atoms with Crippen LogP contribution in [0.2, 0.25) is 0 Å². The highest BCUT2D eigenvalue weighted by Crippen LogP contribution is 2.26. The second kappa shape index (κ2) is 8.31. The SMILES string of the molecule is CC(C)C(NC(=O)CN1C(=O)NC(Cc2c[nH]c3ccccc23)C1=O)c1cccs1. The van der Waals surface area contributed by atoms with Gasteiger partial charge in [-0.15, -0.1) is 11.3 Å². The molecule has 2 atom stereocenters. The minimum atomic E-state index is -0.678. The van der Waals surface area contributed by atoms with Crippen LogP contribution in [0.1, 0.15) is 30.3 Å². The van der Waals surface area contributed by atoms with Gasteiger partial charge in [0.25, 0.3) is 5.91 Å². The van der Waals surface area contributed by atoms with Crippen molar-refractivity contribution in [2.45, 2.75) is 32.4 Å². The fourth-order valence-electron chi connectivity index (χ4n) is 3.78. The molecule has 4 amide bonds. The highest BCUT2D eigenvalue weighted by molar-refractivity contribution is 7.10. The summed E-state index contributed by atoms with van der Waals surface area (Å²) in [6, 6.07) is 10.4. The van der Waals surface area contributed by atoms with Crippen LogP contribution in [0.25, 0.3) is 10.9 Å². The largest absolute Gasteiger partial charge is 0.361 e.